The fourth-order valence-corrected chi connectivity index (χ4v) is 2.51. The highest BCUT2D eigenvalue weighted by molar-refractivity contribution is 9.11. The fourth-order valence-electron chi connectivity index (χ4n) is 1.29. The summed E-state index contributed by atoms with van der Waals surface area (Å²) in [6, 6.07) is 8.23. The molecule has 0 aliphatic carbocycles. The van der Waals surface area contributed by atoms with Gasteiger partial charge in [-0.15, -0.1) is 0 Å². The van der Waals surface area contributed by atoms with Crippen LogP contribution in [0.15, 0.2) is 37.9 Å². The molecule has 98 valence electrons. The largest absolute Gasteiger partial charge is 0.506 e. The smallest absolute Gasteiger partial charge is 0.153 e. The highest BCUT2D eigenvalue weighted by Gasteiger charge is 2.10. The first-order valence-electron chi connectivity index (χ1n) is 5.04. The minimum atomic E-state index is -0.324. The molecule has 0 aliphatic rings. The molecule has 0 aliphatic heterocycles. The first kappa shape index (κ1) is 15.8. The van der Waals surface area contributed by atoms with Crippen LogP contribution in [-0.2, 0) is 0 Å². The zero-order valence-electron chi connectivity index (χ0n) is 9.85. The van der Waals surface area contributed by atoms with Crippen molar-refractivity contribution in [2.75, 3.05) is 0 Å². The second-order valence-corrected chi connectivity index (χ2v) is 5.22. The van der Waals surface area contributed by atoms with Gasteiger partial charge in [-0.25, -0.2) is 0 Å². The van der Waals surface area contributed by atoms with Crippen LogP contribution >= 0.6 is 31.9 Å². The Morgan fingerprint density at radius 2 is 1.60 bits per heavy atom. The van der Waals surface area contributed by atoms with E-state index in [-0.39, 0.29) is 22.6 Å². The topological polar surface area (TPSA) is 118 Å². The van der Waals surface area contributed by atoms with E-state index in [0.717, 1.165) is 0 Å². The molecule has 0 heterocycles. The second kappa shape index (κ2) is 6.77. The molecular formula is C13H6Br2N4O. The molecule has 20 heavy (non-hydrogen) atoms. The van der Waals surface area contributed by atoms with E-state index < -0.39 is 0 Å². The Morgan fingerprint density at radius 3 is 2.00 bits per heavy atom. The number of phenols is 1. The number of rotatable bonds is 2. The number of aromatic hydroxyl groups is 1. The van der Waals surface area contributed by atoms with Gasteiger partial charge in [-0.1, -0.05) is 0 Å². The number of nitrogens with zero attached hydrogens (tertiary/aromatic N) is 3. The SMILES string of the molecule is N#CC(C#N)=C(N)/C(C#N)=C\c1cc(Br)c(O)c(Br)c1. The number of hydrogen-bond acceptors (Lipinski definition) is 5. The highest BCUT2D eigenvalue weighted by atomic mass is 79.9. The van der Waals surface area contributed by atoms with E-state index >= 15 is 0 Å². The van der Waals surface area contributed by atoms with Crippen LogP contribution in [0, 0.1) is 34.0 Å². The summed E-state index contributed by atoms with van der Waals surface area (Å²) in [6.07, 6.45) is 1.42. The minimum absolute atomic E-state index is 0.00686. The Hall–Kier alpha value is -2.27. The van der Waals surface area contributed by atoms with E-state index in [2.05, 4.69) is 31.9 Å². The molecule has 0 amide bonds. The van der Waals surface area contributed by atoms with E-state index in [9.17, 15) is 5.11 Å². The van der Waals surface area contributed by atoms with Gasteiger partial charge >= 0.3 is 0 Å². The maximum Gasteiger partial charge on any atom is 0.153 e. The van der Waals surface area contributed by atoms with E-state index in [1.165, 1.54) is 6.08 Å². The van der Waals surface area contributed by atoms with Gasteiger partial charge in [0.1, 0.15) is 24.0 Å². The normalized spacial score (nSPS) is 10.1. The van der Waals surface area contributed by atoms with Crippen molar-refractivity contribution in [1.82, 2.24) is 0 Å². The van der Waals surface area contributed by atoms with E-state index in [1.807, 2.05) is 6.07 Å². The summed E-state index contributed by atoms with van der Waals surface area (Å²) in [5.74, 6) is 0.0268. The summed E-state index contributed by atoms with van der Waals surface area (Å²) in [6.45, 7) is 0. The van der Waals surface area contributed by atoms with Crippen LogP contribution in [0.2, 0.25) is 0 Å². The van der Waals surface area contributed by atoms with Crippen molar-refractivity contribution in [1.29, 1.82) is 15.8 Å². The van der Waals surface area contributed by atoms with Crippen molar-refractivity contribution >= 4 is 37.9 Å². The predicted octanol–water partition coefficient (Wildman–Crippen LogP) is 3.08. The lowest BCUT2D eigenvalue weighted by atomic mass is 10.1. The number of halogens is 2. The van der Waals surface area contributed by atoms with E-state index in [1.54, 1.807) is 24.3 Å². The Morgan fingerprint density at radius 1 is 1.10 bits per heavy atom. The van der Waals surface area contributed by atoms with Crippen LogP contribution in [0.4, 0.5) is 0 Å². The van der Waals surface area contributed by atoms with Crippen molar-refractivity contribution in [3.63, 3.8) is 0 Å². The first-order chi connectivity index (χ1) is 9.44. The van der Waals surface area contributed by atoms with Gasteiger partial charge < -0.3 is 10.8 Å². The maximum absolute atomic E-state index is 9.60. The molecule has 0 aromatic heterocycles. The first-order valence-corrected chi connectivity index (χ1v) is 6.63. The molecular weight excluding hydrogens is 388 g/mol. The third-order valence-electron chi connectivity index (χ3n) is 2.25. The number of nitriles is 3. The summed E-state index contributed by atoms with van der Waals surface area (Å²) in [4.78, 5) is 0. The Labute approximate surface area is 132 Å². The van der Waals surface area contributed by atoms with Gasteiger partial charge in [0.05, 0.1) is 20.2 Å². The molecule has 0 radical (unpaired) electrons. The second-order valence-electron chi connectivity index (χ2n) is 3.52. The molecule has 1 aromatic rings. The standard InChI is InChI=1S/C13H6Br2N4O/c14-10-2-7(3-11(15)13(10)20)1-8(4-16)12(19)9(5-17)6-18/h1-3,20H,19H2/b8-1-. The Balaban J connectivity index is 3.43. The highest BCUT2D eigenvalue weighted by Crippen LogP contribution is 2.34. The molecule has 0 bridgehead atoms. The van der Waals surface area contributed by atoms with Gasteiger partial charge in [0.25, 0.3) is 0 Å². The molecule has 0 fully saturated rings. The average Bonchev–Trinajstić information content (AvgIpc) is 2.43. The summed E-state index contributed by atoms with van der Waals surface area (Å²) < 4.78 is 0.859. The van der Waals surface area contributed by atoms with Gasteiger partial charge in [0.15, 0.2) is 5.57 Å². The lowest BCUT2D eigenvalue weighted by Gasteiger charge is -2.04. The van der Waals surface area contributed by atoms with E-state index in [4.69, 9.17) is 21.5 Å². The van der Waals surface area contributed by atoms with Gasteiger partial charge in [-0.05, 0) is 55.6 Å². The van der Waals surface area contributed by atoms with Crippen LogP contribution in [-0.4, -0.2) is 5.11 Å². The number of phenolic OH excluding ortho intramolecular Hbond substituents is 1. The molecule has 3 N–H and O–H groups in total. The fraction of sp³-hybridized carbons (Fsp3) is 0. The molecule has 1 aromatic carbocycles. The minimum Gasteiger partial charge on any atom is -0.506 e. The van der Waals surface area contributed by atoms with Crippen LogP contribution in [0.3, 0.4) is 0 Å². The Bertz CT molecular complexity index is 706. The van der Waals surface area contributed by atoms with Crippen molar-refractivity contribution in [2.45, 2.75) is 0 Å². The zero-order valence-corrected chi connectivity index (χ0v) is 13.0. The molecule has 0 saturated heterocycles. The lowest BCUT2D eigenvalue weighted by Crippen LogP contribution is -2.03. The van der Waals surface area contributed by atoms with Crippen LogP contribution in [0.5, 0.6) is 5.75 Å². The average molecular weight is 394 g/mol. The zero-order chi connectivity index (χ0) is 15.3. The third-order valence-corrected chi connectivity index (χ3v) is 3.46. The van der Waals surface area contributed by atoms with Crippen molar-refractivity contribution in [3.05, 3.63) is 43.5 Å². The summed E-state index contributed by atoms with van der Waals surface area (Å²) in [7, 11) is 0. The van der Waals surface area contributed by atoms with E-state index in [0.29, 0.717) is 14.5 Å². The molecule has 0 spiro atoms. The lowest BCUT2D eigenvalue weighted by molar-refractivity contribution is 0.468. The van der Waals surface area contributed by atoms with Crippen LogP contribution in [0.25, 0.3) is 6.08 Å². The number of nitrogens with two attached hydrogens (primary N) is 1. The Kier molecular flexibility index (Phi) is 5.34. The van der Waals surface area contributed by atoms with Crippen molar-refractivity contribution < 1.29 is 5.11 Å². The van der Waals surface area contributed by atoms with Gasteiger partial charge in [0.2, 0.25) is 0 Å². The van der Waals surface area contributed by atoms with Gasteiger partial charge in [0, 0.05) is 0 Å². The molecule has 5 nitrogen and oxygen atoms in total. The summed E-state index contributed by atoms with van der Waals surface area (Å²) >= 11 is 6.32. The van der Waals surface area contributed by atoms with Gasteiger partial charge in [-0.3, -0.25) is 0 Å². The number of allylic oxidation sites excluding steroid dienone is 2. The molecule has 0 saturated carbocycles. The third kappa shape index (κ3) is 3.39. The quantitative estimate of drug-likeness (QED) is 0.591. The summed E-state index contributed by atoms with van der Waals surface area (Å²) in [5, 5.41) is 36.1. The molecule has 0 atom stereocenters. The summed E-state index contributed by atoms with van der Waals surface area (Å²) in [5.41, 5.74) is 5.67. The predicted molar refractivity (Wildman–Crippen MR) is 79.5 cm³/mol. The van der Waals surface area contributed by atoms with Gasteiger partial charge in [-0.2, -0.15) is 15.8 Å². The molecule has 7 heteroatoms. The van der Waals surface area contributed by atoms with Crippen molar-refractivity contribution in [3.8, 4) is 24.0 Å². The number of hydrogen-bond donors (Lipinski definition) is 2. The monoisotopic (exact) mass is 392 g/mol. The maximum atomic E-state index is 9.60. The van der Waals surface area contributed by atoms with Crippen LogP contribution in [0.1, 0.15) is 5.56 Å². The number of benzene rings is 1. The van der Waals surface area contributed by atoms with Crippen molar-refractivity contribution in [2.24, 2.45) is 5.73 Å². The van der Waals surface area contributed by atoms with Crippen LogP contribution < -0.4 is 5.73 Å². The molecule has 1 rings (SSSR count). The molecule has 0 unspecified atom stereocenters.